The molecular formula is C14H20N2O3S. The lowest BCUT2D eigenvalue weighted by atomic mass is 9.71. The van der Waals surface area contributed by atoms with Crippen LogP contribution in [-0.2, 0) is 4.79 Å². The average Bonchev–Trinajstić information content (AvgIpc) is 2.84. The molecule has 5 nitrogen and oxygen atoms in total. The zero-order chi connectivity index (χ0) is 14.8. The number of carbonyl (C=O) groups excluding carboxylic acids is 1. The maximum Gasteiger partial charge on any atom is 0.311 e. The summed E-state index contributed by atoms with van der Waals surface area (Å²) in [7, 11) is 0. The standard InChI is InChI=1S/C14H20N2O3S/c1-9-3-5-14(6-4-9,13(18)19)7-15-12(17)11-10(2)16-8-20-11/h8-9H,3-7H2,1-2H3,(H,15,17)(H,18,19). The van der Waals surface area contributed by atoms with Crippen LogP contribution in [0.25, 0.3) is 0 Å². The number of nitrogens with zero attached hydrogens (tertiary/aromatic N) is 1. The summed E-state index contributed by atoms with van der Waals surface area (Å²) in [5.74, 6) is -0.447. The number of aromatic nitrogens is 1. The number of aliphatic carboxylic acids is 1. The topological polar surface area (TPSA) is 79.3 Å². The van der Waals surface area contributed by atoms with E-state index in [9.17, 15) is 14.7 Å². The van der Waals surface area contributed by atoms with Gasteiger partial charge in [-0.1, -0.05) is 6.92 Å². The Labute approximate surface area is 122 Å². The monoisotopic (exact) mass is 296 g/mol. The fraction of sp³-hybridized carbons (Fsp3) is 0.643. The highest BCUT2D eigenvalue weighted by molar-refractivity contribution is 7.11. The van der Waals surface area contributed by atoms with Crippen molar-refractivity contribution in [2.75, 3.05) is 6.54 Å². The molecular weight excluding hydrogens is 276 g/mol. The van der Waals surface area contributed by atoms with Crippen LogP contribution < -0.4 is 5.32 Å². The SMILES string of the molecule is Cc1ncsc1C(=O)NCC1(C(=O)O)CCC(C)CC1. The molecule has 110 valence electrons. The Morgan fingerprint density at radius 3 is 2.65 bits per heavy atom. The first-order valence-corrected chi connectivity index (χ1v) is 7.74. The predicted molar refractivity (Wildman–Crippen MR) is 76.9 cm³/mol. The van der Waals surface area contributed by atoms with E-state index in [2.05, 4.69) is 17.2 Å². The number of amides is 1. The van der Waals surface area contributed by atoms with Crippen molar-refractivity contribution >= 4 is 23.2 Å². The van der Waals surface area contributed by atoms with Crippen LogP contribution in [0.4, 0.5) is 0 Å². The fourth-order valence-electron chi connectivity index (χ4n) is 2.63. The lowest BCUT2D eigenvalue weighted by Crippen LogP contribution is -2.45. The average molecular weight is 296 g/mol. The summed E-state index contributed by atoms with van der Waals surface area (Å²) >= 11 is 1.28. The van der Waals surface area contributed by atoms with Crippen molar-refractivity contribution in [1.29, 1.82) is 0 Å². The molecule has 0 aliphatic heterocycles. The summed E-state index contributed by atoms with van der Waals surface area (Å²) in [5, 5.41) is 12.3. The van der Waals surface area contributed by atoms with Gasteiger partial charge in [-0.25, -0.2) is 4.98 Å². The van der Waals surface area contributed by atoms with Crippen molar-refractivity contribution < 1.29 is 14.7 Å². The van der Waals surface area contributed by atoms with Crippen molar-refractivity contribution in [2.45, 2.75) is 39.5 Å². The van der Waals surface area contributed by atoms with Crippen LogP contribution in [0.3, 0.4) is 0 Å². The minimum atomic E-state index is -0.805. The third-order valence-electron chi connectivity index (χ3n) is 4.22. The van der Waals surface area contributed by atoms with Crippen molar-refractivity contribution in [2.24, 2.45) is 11.3 Å². The number of nitrogens with one attached hydrogen (secondary N) is 1. The van der Waals surface area contributed by atoms with Gasteiger partial charge in [0.2, 0.25) is 0 Å². The normalized spacial score (nSPS) is 26.2. The molecule has 1 fully saturated rings. The molecule has 0 spiro atoms. The van der Waals surface area contributed by atoms with E-state index >= 15 is 0 Å². The number of thiazole rings is 1. The second-order valence-corrected chi connectivity index (χ2v) is 6.57. The molecule has 1 aromatic heterocycles. The van der Waals surface area contributed by atoms with Gasteiger partial charge < -0.3 is 10.4 Å². The number of carboxylic acid groups (broad SMARTS) is 1. The molecule has 6 heteroatoms. The van der Waals surface area contributed by atoms with Crippen LogP contribution in [0.15, 0.2) is 5.51 Å². The highest BCUT2D eigenvalue weighted by Crippen LogP contribution is 2.38. The lowest BCUT2D eigenvalue weighted by molar-refractivity contribution is -0.151. The number of aryl methyl sites for hydroxylation is 1. The van der Waals surface area contributed by atoms with E-state index in [1.807, 2.05) is 0 Å². The molecule has 1 saturated carbocycles. The minimum Gasteiger partial charge on any atom is -0.481 e. The molecule has 0 atom stereocenters. The Morgan fingerprint density at radius 1 is 1.50 bits per heavy atom. The molecule has 0 bridgehead atoms. The molecule has 1 heterocycles. The number of carbonyl (C=O) groups is 2. The molecule has 0 saturated heterocycles. The number of hydrogen-bond donors (Lipinski definition) is 2. The van der Waals surface area contributed by atoms with E-state index < -0.39 is 11.4 Å². The van der Waals surface area contributed by atoms with E-state index in [1.54, 1.807) is 12.4 Å². The van der Waals surface area contributed by atoms with Gasteiger partial charge in [0, 0.05) is 6.54 Å². The summed E-state index contributed by atoms with van der Waals surface area (Å²) in [6.45, 7) is 4.12. The lowest BCUT2D eigenvalue weighted by Gasteiger charge is -2.35. The Morgan fingerprint density at radius 2 is 2.15 bits per heavy atom. The molecule has 2 N–H and O–H groups in total. The third kappa shape index (κ3) is 3.00. The van der Waals surface area contributed by atoms with Gasteiger partial charge in [-0.3, -0.25) is 9.59 Å². The number of carboxylic acids is 1. The van der Waals surface area contributed by atoms with Gasteiger partial charge >= 0.3 is 5.97 Å². The summed E-state index contributed by atoms with van der Waals surface area (Å²) in [6.07, 6.45) is 3.07. The molecule has 20 heavy (non-hydrogen) atoms. The summed E-state index contributed by atoms with van der Waals surface area (Å²) < 4.78 is 0. The van der Waals surface area contributed by atoms with Crippen LogP contribution in [0, 0.1) is 18.3 Å². The molecule has 1 aromatic rings. The Balaban J connectivity index is 2.02. The Kier molecular flexibility index (Phi) is 4.42. The molecule has 0 unspecified atom stereocenters. The van der Waals surface area contributed by atoms with Crippen molar-refractivity contribution in [3.63, 3.8) is 0 Å². The first-order valence-electron chi connectivity index (χ1n) is 6.86. The van der Waals surface area contributed by atoms with Crippen LogP contribution in [0.5, 0.6) is 0 Å². The van der Waals surface area contributed by atoms with Crippen LogP contribution in [0.1, 0.15) is 48.0 Å². The fourth-order valence-corrected chi connectivity index (χ4v) is 3.35. The zero-order valence-electron chi connectivity index (χ0n) is 11.8. The maximum atomic E-state index is 12.1. The van der Waals surface area contributed by atoms with Gasteiger partial charge in [0.1, 0.15) is 4.88 Å². The van der Waals surface area contributed by atoms with Crippen LogP contribution >= 0.6 is 11.3 Å². The molecule has 1 aliphatic carbocycles. The Bertz CT molecular complexity index is 504. The van der Waals surface area contributed by atoms with E-state index in [0.29, 0.717) is 29.3 Å². The number of hydrogen-bond acceptors (Lipinski definition) is 4. The van der Waals surface area contributed by atoms with Gasteiger partial charge in [-0.05, 0) is 38.5 Å². The maximum absolute atomic E-state index is 12.1. The molecule has 1 aliphatic rings. The second-order valence-electron chi connectivity index (χ2n) is 5.72. The summed E-state index contributed by atoms with van der Waals surface area (Å²) in [4.78, 5) is 28.3. The molecule has 0 aromatic carbocycles. The predicted octanol–water partition coefficient (Wildman–Crippen LogP) is 2.46. The molecule has 2 rings (SSSR count). The highest BCUT2D eigenvalue weighted by atomic mass is 32.1. The van der Waals surface area contributed by atoms with Crippen molar-refractivity contribution in [1.82, 2.24) is 10.3 Å². The van der Waals surface area contributed by atoms with Gasteiger partial charge in [-0.2, -0.15) is 0 Å². The van der Waals surface area contributed by atoms with E-state index in [0.717, 1.165) is 12.8 Å². The largest absolute Gasteiger partial charge is 0.481 e. The second kappa shape index (κ2) is 5.91. The number of rotatable bonds is 4. The van der Waals surface area contributed by atoms with Gasteiger partial charge in [-0.15, -0.1) is 11.3 Å². The zero-order valence-corrected chi connectivity index (χ0v) is 12.6. The highest BCUT2D eigenvalue weighted by Gasteiger charge is 2.41. The van der Waals surface area contributed by atoms with E-state index in [-0.39, 0.29) is 12.5 Å². The van der Waals surface area contributed by atoms with Crippen molar-refractivity contribution in [3.8, 4) is 0 Å². The van der Waals surface area contributed by atoms with Crippen LogP contribution in [0.2, 0.25) is 0 Å². The van der Waals surface area contributed by atoms with E-state index in [4.69, 9.17) is 0 Å². The Hall–Kier alpha value is -1.43. The first kappa shape index (κ1) is 15.0. The summed E-state index contributed by atoms with van der Waals surface area (Å²) in [5.41, 5.74) is 1.51. The van der Waals surface area contributed by atoms with Gasteiger partial charge in [0.05, 0.1) is 16.6 Å². The first-order chi connectivity index (χ1) is 9.44. The van der Waals surface area contributed by atoms with E-state index in [1.165, 1.54) is 11.3 Å². The minimum absolute atomic E-state index is 0.200. The summed E-state index contributed by atoms with van der Waals surface area (Å²) in [6, 6.07) is 0. The van der Waals surface area contributed by atoms with Crippen molar-refractivity contribution in [3.05, 3.63) is 16.1 Å². The third-order valence-corrected chi connectivity index (χ3v) is 5.15. The smallest absolute Gasteiger partial charge is 0.311 e. The quantitative estimate of drug-likeness (QED) is 0.894. The van der Waals surface area contributed by atoms with Gasteiger partial charge in [0.15, 0.2) is 0 Å². The molecule has 1 amide bonds. The van der Waals surface area contributed by atoms with Gasteiger partial charge in [0.25, 0.3) is 5.91 Å². The van der Waals surface area contributed by atoms with Crippen LogP contribution in [-0.4, -0.2) is 28.5 Å². The molecule has 0 radical (unpaired) electrons.